The van der Waals surface area contributed by atoms with Crippen molar-refractivity contribution in [2.45, 2.75) is 20.0 Å². The zero-order valence-electron chi connectivity index (χ0n) is 18.0. The summed E-state index contributed by atoms with van der Waals surface area (Å²) in [6.07, 6.45) is 3.54. The van der Waals surface area contributed by atoms with Gasteiger partial charge >= 0.3 is 0 Å². The molecule has 2 heterocycles. The molecule has 0 aliphatic heterocycles. The second kappa shape index (κ2) is 9.62. The average Bonchev–Trinajstić information content (AvgIpc) is 2.81. The van der Waals surface area contributed by atoms with Crippen molar-refractivity contribution in [1.82, 2.24) is 14.9 Å². The number of hydrogen-bond acceptors (Lipinski definition) is 4. The summed E-state index contributed by atoms with van der Waals surface area (Å²) in [5.74, 6) is 0.770. The monoisotopic (exact) mass is 444 g/mol. The number of thiocarbonyl (C=S) groups is 1. The third-order valence-corrected chi connectivity index (χ3v) is 5.61. The molecule has 0 fully saturated rings. The number of pyridine rings is 2. The van der Waals surface area contributed by atoms with Gasteiger partial charge in [0, 0.05) is 30.2 Å². The van der Waals surface area contributed by atoms with Crippen LogP contribution in [0.2, 0.25) is 0 Å². The fourth-order valence-corrected chi connectivity index (χ4v) is 3.79. The lowest BCUT2D eigenvalue weighted by Crippen LogP contribution is -2.35. The number of nitrogens with one attached hydrogen (secondary N) is 2. The Hall–Kier alpha value is -3.71. The molecule has 2 aromatic heterocycles. The van der Waals surface area contributed by atoms with E-state index in [4.69, 9.17) is 17.0 Å². The Labute approximate surface area is 191 Å². The van der Waals surface area contributed by atoms with Gasteiger partial charge in [-0.1, -0.05) is 24.3 Å². The molecule has 7 heteroatoms. The summed E-state index contributed by atoms with van der Waals surface area (Å²) in [7, 11) is 1.63. The number of benzene rings is 2. The maximum Gasteiger partial charge on any atom is 0.253 e. The number of para-hydroxylation sites is 1. The normalized spacial score (nSPS) is 10.7. The second-order valence-electron chi connectivity index (χ2n) is 7.54. The van der Waals surface area contributed by atoms with Crippen LogP contribution in [0.4, 0.5) is 5.69 Å². The van der Waals surface area contributed by atoms with Crippen molar-refractivity contribution in [2.75, 3.05) is 12.4 Å². The van der Waals surface area contributed by atoms with Crippen LogP contribution in [0.15, 0.2) is 77.9 Å². The van der Waals surface area contributed by atoms with Crippen LogP contribution in [0.25, 0.3) is 10.9 Å². The quantitative estimate of drug-likeness (QED) is 0.422. The van der Waals surface area contributed by atoms with Gasteiger partial charge in [-0.25, -0.2) is 0 Å². The molecular formula is C25H24N4O2S. The number of ether oxygens (including phenoxy) is 1. The van der Waals surface area contributed by atoms with Crippen molar-refractivity contribution in [2.24, 2.45) is 0 Å². The minimum absolute atomic E-state index is 0.116. The van der Waals surface area contributed by atoms with Crippen LogP contribution in [0, 0.1) is 6.92 Å². The zero-order chi connectivity index (χ0) is 22.5. The summed E-state index contributed by atoms with van der Waals surface area (Å²) in [6, 6.07) is 19.3. The highest BCUT2D eigenvalue weighted by Crippen LogP contribution is 2.19. The van der Waals surface area contributed by atoms with E-state index in [0.29, 0.717) is 23.8 Å². The number of hydrogen-bond donors (Lipinski definition) is 2. The van der Waals surface area contributed by atoms with Crippen LogP contribution in [0.5, 0.6) is 5.75 Å². The van der Waals surface area contributed by atoms with Crippen LogP contribution in [-0.4, -0.2) is 27.1 Å². The molecule has 0 amide bonds. The lowest BCUT2D eigenvalue weighted by molar-refractivity contribution is 0.410. The molecule has 4 aromatic rings. The molecule has 0 spiro atoms. The summed E-state index contributed by atoms with van der Waals surface area (Å²) in [5, 5.41) is 4.78. The largest absolute Gasteiger partial charge is 0.497 e. The highest BCUT2D eigenvalue weighted by atomic mass is 32.1. The topological polar surface area (TPSA) is 70.2 Å². The summed E-state index contributed by atoms with van der Waals surface area (Å²) >= 11 is 5.73. The average molecular weight is 445 g/mol. The Morgan fingerprint density at radius 1 is 1.12 bits per heavy atom. The number of anilines is 1. The summed E-state index contributed by atoms with van der Waals surface area (Å²) < 4.78 is 5.22. The Morgan fingerprint density at radius 3 is 2.66 bits per heavy atom. The van der Waals surface area contributed by atoms with Gasteiger partial charge in [-0.3, -0.25) is 9.78 Å². The number of fused-ring (bicyclic) bond motifs is 1. The summed E-state index contributed by atoms with van der Waals surface area (Å²) in [4.78, 5) is 22.0. The molecule has 4 rings (SSSR count). The fraction of sp³-hybridized carbons (Fsp3) is 0.160. The van der Waals surface area contributed by atoms with E-state index in [9.17, 15) is 4.79 Å². The molecule has 0 atom stereocenters. The summed E-state index contributed by atoms with van der Waals surface area (Å²) in [6.45, 7) is 2.86. The minimum Gasteiger partial charge on any atom is -0.497 e. The number of methoxy groups -OCH3 is 1. The molecule has 32 heavy (non-hydrogen) atoms. The molecule has 2 aromatic carbocycles. The maximum absolute atomic E-state index is 12.9. The number of aromatic nitrogens is 2. The molecule has 2 N–H and O–H groups in total. The van der Waals surface area contributed by atoms with Gasteiger partial charge in [0.05, 0.1) is 19.2 Å². The van der Waals surface area contributed by atoms with Crippen LogP contribution in [-0.2, 0) is 13.1 Å². The van der Waals surface area contributed by atoms with Crippen LogP contribution in [0.1, 0.15) is 16.7 Å². The molecule has 162 valence electrons. The highest BCUT2D eigenvalue weighted by molar-refractivity contribution is 7.80. The predicted octanol–water partition coefficient (Wildman–Crippen LogP) is 4.64. The van der Waals surface area contributed by atoms with E-state index in [1.807, 2.05) is 72.5 Å². The number of aryl methyl sites for hydroxylation is 1. The van der Waals surface area contributed by atoms with Gasteiger partial charge in [-0.05, 0) is 72.1 Å². The Balaban J connectivity index is 1.63. The van der Waals surface area contributed by atoms with E-state index in [1.165, 1.54) is 0 Å². The standard InChI is InChI=1S/C25H24N4O2S/c1-17-5-3-7-19-13-20(24(30)28-23(17)19)16-29(15-18-6-4-12-26-14-18)25(32)27-21-8-10-22(31-2)11-9-21/h3-14H,15-16H2,1-2H3,(H,27,32)(H,28,30). The maximum atomic E-state index is 12.9. The molecule has 0 radical (unpaired) electrons. The van der Waals surface area contributed by atoms with Crippen LogP contribution < -0.4 is 15.6 Å². The first-order valence-electron chi connectivity index (χ1n) is 10.2. The van der Waals surface area contributed by atoms with Crippen molar-refractivity contribution in [3.8, 4) is 5.75 Å². The van der Waals surface area contributed by atoms with Crippen molar-refractivity contribution in [3.05, 3.63) is 100 Å². The zero-order valence-corrected chi connectivity index (χ0v) is 18.8. The van der Waals surface area contributed by atoms with E-state index in [1.54, 1.807) is 19.5 Å². The van der Waals surface area contributed by atoms with Gasteiger partial charge in [0.25, 0.3) is 5.56 Å². The van der Waals surface area contributed by atoms with Gasteiger partial charge in [-0.2, -0.15) is 0 Å². The molecule has 0 saturated carbocycles. The lowest BCUT2D eigenvalue weighted by atomic mass is 10.1. The van der Waals surface area contributed by atoms with Gasteiger partial charge in [0.1, 0.15) is 5.75 Å². The number of H-pyrrole nitrogens is 1. The molecule has 0 aliphatic rings. The first-order valence-corrected chi connectivity index (χ1v) is 10.6. The van der Waals surface area contributed by atoms with Crippen molar-refractivity contribution in [3.63, 3.8) is 0 Å². The Bertz CT molecular complexity index is 1290. The third kappa shape index (κ3) is 4.95. The van der Waals surface area contributed by atoms with Crippen molar-refractivity contribution >= 4 is 33.9 Å². The Morgan fingerprint density at radius 2 is 1.94 bits per heavy atom. The van der Waals surface area contributed by atoms with E-state index in [-0.39, 0.29) is 5.56 Å². The number of aromatic amines is 1. The summed E-state index contributed by atoms with van der Waals surface area (Å²) in [5.41, 5.74) is 4.27. The van der Waals surface area contributed by atoms with Crippen molar-refractivity contribution in [1.29, 1.82) is 0 Å². The lowest BCUT2D eigenvalue weighted by Gasteiger charge is -2.26. The smallest absolute Gasteiger partial charge is 0.253 e. The molecule has 0 saturated heterocycles. The first kappa shape index (κ1) is 21.5. The Kier molecular flexibility index (Phi) is 6.47. The van der Waals surface area contributed by atoms with Crippen LogP contribution >= 0.6 is 12.2 Å². The molecular weight excluding hydrogens is 420 g/mol. The van der Waals surface area contributed by atoms with Gasteiger partial charge in [-0.15, -0.1) is 0 Å². The van der Waals surface area contributed by atoms with Crippen molar-refractivity contribution < 1.29 is 4.74 Å². The molecule has 6 nitrogen and oxygen atoms in total. The SMILES string of the molecule is COc1ccc(NC(=S)N(Cc2cccnc2)Cc2cc3cccc(C)c3[nH]c2=O)cc1. The minimum atomic E-state index is -0.116. The fourth-order valence-electron chi connectivity index (χ4n) is 3.54. The molecule has 0 bridgehead atoms. The first-order chi connectivity index (χ1) is 15.5. The third-order valence-electron chi connectivity index (χ3n) is 5.25. The van der Waals surface area contributed by atoms with Gasteiger partial charge in [0.2, 0.25) is 0 Å². The number of nitrogens with zero attached hydrogens (tertiary/aromatic N) is 2. The molecule has 0 aliphatic carbocycles. The van der Waals surface area contributed by atoms with Gasteiger partial charge < -0.3 is 19.9 Å². The van der Waals surface area contributed by atoms with E-state index in [0.717, 1.165) is 33.5 Å². The van der Waals surface area contributed by atoms with E-state index < -0.39 is 0 Å². The number of rotatable bonds is 6. The van der Waals surface area contributed by atoms with Gasteiger partial charge in [0.15, 0.2) is 5.11 Å². The predicted molar refractivity (Wildman–Crippen MR) is 132 cm³/mol. The second-order valence-corrected chi connectivity index (χ2v) is 7.93. The molecule has 0 unspecified atom stereocenters. The van der Waals surface area contributed by atoms with Crippen LogP contribution in [0.3, 0.4) is 0 Å². The highest BCUT2D eigenvalue weighted by Gasteiger charge is 2.15. The van der Waals surface area contributed by atoms with E-state index in [2.05, 4.69) is 15.3 Å². The van der Waals surface area contributed by atoms with E-state index >= 15 is 0 Å².